The van der Waals surface area contributed by atoms with Crippen LogP contribution in [0.1, 0.15) is 19.4 Å². The highest BCUT2D eigenvalue weighted by molar-refractivity contribution is 5.94. The van der Waals surface area contributed by atoms with Crippen molar-refractivity contribution in [2.24, 2.45) is 0 Å². The van der Waals surface area contributed by atoms with Crippen molar-refractivity contribution in [1.82, 2.24) is 29.7 Å². The molecule has 0 unspecified atom stereocenters. The molecule has 0 bridgehead atoms. The summed E-state index contributed by atoms with van der Waals surface area (Å²) in [4.78, 5) is 27.7. The summed E-state index contributed by atoms with van der Waals surface area (Å²) in [5.41, 5.74) is -0.791. The van der Waals surface area contributed by atoms with Crippen molar-refractivity contribution in [2.45, 2.75) is 38.8 Å². The Hall–Kier alpha value is -4.72. The first-order valence-electron chi connectivity index (χ1n) is 12.4. The SMILES string of the molecule is CC(=O)OC[n+]1cnn(C[C@](O)(c2ccc(F)cc2F)[C@@H](C)N2CCN(c3ccc(-n4ccnn4)cc3)C2=O)c1. The second-order valence-electron chi connectivity index (χ2n) is 9.44. The van der Waals surface area contributed by atoms with E-state index in [1.165, 1.54) is 39.8 Å². The average Bonchev–Trinajstić information content (AvgIpc) is 3.69. The summed E-state index contributed by atoms with van der Waals surface area (Å²) in [5, 5.41) is 24.0. The molecule has 12 nitrogen and oxygen atoms in total. The number of carbonyl (C=O) groups is 2. The van der Waals surface area contributed by atoms with Crippen molar-refractivity contribution < 1.29 is 32.8 Å². The number of anilines is 1. The van der Waals surface area contributed by atoms with E-state index < -0.39 is 29.2 Å². The summed E-state index contributed by atoms with van der Waals surface area (Å²) in [7, 11) is 0. The Morgan fingerprint density at radius 2 is 1.93 bits per heavy atom. The van der Waals surface area contributed by atoms with Crippen molar-refractivity contribution in [3.8, 4) is 5.69 Å². The van der Waals surface area contributed by atoms with Crippen LogP contribution in [0.25, 0.3) is 5.69 Å². The smallest absolute Gasteiger partial charge is 0.324 e. The van der Waals surface area contributed by atoms with Crippen LogP contribution in [0.2, 0.25) is 0 Å². The zero-order valence-corrected chi connectivity index (χ0v) is 21.8. The fraction of sp³-hybridized carbons (Fsp3) is 0.308. The first-order valence-corrected chi connectivity index (χ1v) is 12.4. The van der Waals surface area contributed by atoms with Crippen LogP contribution in [0.5, 0.6) is 0 Å². The molecule has 1 saturated heterocycles. The van der Waals surface area contributed by atoms with E-state index in [-0.39, 0.29) is 31.4 Å². The second-order valence-corrected chi connectivity index (χ2v) is 9.44. The average molecular weight is 554 g/mol. The van der Waals surface area contributed by atoms with Crippen LogP contribution in [-0.4, -0.2) is 65.9 Å². The number of nitrogens with zero attached hydrogens (tertiary/aromatic N) is 8. The monoisotopic (exact) mass is 553 g/mol. The van der Waals surface area contributed by atoms with Crippen molar-refractivity contribution in [3.63, 3.8) is 0 Å². The maximum Gasteiger partial charge on any atom is 0.324 e. The highest BCUT2D eigenvalue weighted by atomic mass is 19.1. The lowest BCUT2D eigenvalue weighted by atomic mass is 9.85. The lowest BCUT2D eigenvalue weighted by molar-refractivity contribution is -0.728. The first kappa shape index (κ1) is 26.9. The molecule has 5 rings (SSSR count). The van der Waals surface area contributed by atoms with Gasteiger partial charge >= 0.3 is 12.0 Å². The standard InChI is InChI=1S/C26H27F2N8O4/c1-18(34-11-12-35(25(34)38)21-4-6-22(7-5-21)36-10-9-29-31-36)26(39,23-8-3-20(27)13-24(23)28)14-33-16-32(15-30-33)17-40-19(2)37/h3-10,13,15-16,18,39H,11-12,14,17H2,1-2H3/q+1/t18-,26-/m1/s1. The third-order valence-electron chi connectivity index (χ3n) is 6.90. The highest BCUT2D eigenvalue weighted by Crippen LogP contribution is 2.35. The number of benzene rings is 2. The molecule has 0 saturated carbocycles. The first-order chi connectivity index (χ1) is 19.2. The van der Waals surface area contributed by atoms with Gasteiger partial charge in [0, 0.05) is 42.4 Å². The van der Waals surface area contributed by atoms with Crippen LogP contribution in [0.4, 0.5) is 19.3 Å². The van der Waals surface area contributed by atoms with E-state index in [1.807, 2.05) is 0 Å². The van der Waals surface area contributed by atoms with Crippen LogP contribution in [0, 0.1) is 11.6 Å². The molecule has 4 aromatic rings. The summed E-state index contributed by atoms with van der Waals surface area (Å²) in [6.45, 7) is 3.07. The number of carbonyl (C=O) groups excluding carboxylic acids is 2. The van der Waals surface area contributed by atoms with Crippen LogP contribution in [0.15, 0.2) is 67.5 Å². The van der Waals surface area contributed by atoms with Gasteiger partial charge in [-0.3, -0.25) is 9.69 Å². The summed E-state index contributed by atoms with van der Waals surface area (Å²) in [6, 6.07) is 8.73. The summed E-state index contributed by atoms with van der Waals surface area (Å²) < 4.78 is 38.2. The highest BCUT2D eigenvalue weighted by Gasteiger charge is 2.47. The molecular formula is C26H27F2N8O4+. The number of halogens is 2. The third kappa shape index (κ3) is 5.25. The topological polar surface area (TPSA) is 122 Å². The van der Waals surface area contributed by atoms with E-state index in [0.29, 0.717) is 18.3 Å². The molecule has 2 amide bonds. The fourth-order valence-corrected chi connectivity index (χ4v) is 4.75. The molecule has 3 heterocycles. The minimum Gasteiger partial charge on any atom is -0.431 e. The van der Waals surface area contributed by atoms with Gasteiger partial charge in [-0.1, -0.05) is 11.3 Å². The lowest BCUT2D eigenvalue weighted by Crippen LogP contribution is -2.53. The number of aliphatic hydroxyl groups is 1. The molecule has 40 heavy (non-hydrogen) atoms. The van der Waals surface area contributed by atoms with Gasteiger partial charge in [-0.15, -0.1) is 9.78 Å². The maximum atomic E-state index is 15.1. The Bertz CT molecular complexity index is 1510. The Morgan fingerprint density at radius 3 is 2.60 bits per heavy atom. The third-order valence-corrected chi connectivity index (χ3v) is 6.90. The normalized spacial score (nSPS) is 15.8. The molecule has 0 radical (unpaired) electrons. The zero-order valence-electron chi connectivity index (χ0n) is 21.8. The molecule has 1 aliphatic heterocycles. The van der Waals surface area contributed by atoms with E-state index in [0.717, 1.165) is 11.8 Å². The van der Waals surface area contributed by atoms with Gasteiger partial charge in [0.1, 0.15) is 23.8 Å². The molecule has 14 heteroatoms. The van der Waals surface area contributed by atoms with Gasteiger partial charge in [0.15, 0.2) is 0 Å². The van der Waals surface area contributed by atoms with Gasteiger partial charge in [0.05, 0.1) is 24.1 Å². The quantitative estimate of drug-likeness (QED) is 0.248. The van der Waals surface area contributed by atoms with Crippen molar-refractivity contribution >= 4 is 17.7 Å². The van der Waals surface area contributed by atoms with Gasteiger partial charge in [0.25, 0.3) is 6.33 Å². The van der Waals surface area contributed by atoms with Crippen LogP contribution >= 0.6 is 0 Å². The molecule has 208 valence electrons. The minimum atomic E-state index is -2.01. The zero-order chi connectivity index (χ0) is 28.4. The van der Waals surface area contributed by atoms with E-state index >= 15 is 4.39 Å². The van der Waals surface area contributed by atoms with Gasteiger partial charge in [-0.05, 0) is 37.3 Å². The molecular weight excluding hydrogens is 526 g/mol. The van der Waals surface area contributed by atoms with Gasteiger partial charge in [0.2, 0.25) is 13.1 Å². The summed E-state index contributed by atoms with van der Waals surface area (Å²) >= 11 is 0. The van der Waals surface area contributed by atoms with Crippen LogP contribution < -0.4 is 9.47 Å². The van der Waals surface area contributed by atoms with Crippen molar-refractivity contribution in [2.75, 3.05) is 18.0 Å². The second kappa shape index (κ2) is 10.8. The van der Waals surface area contributed by atoms with Crippen LogP contribution in [0.3, 0.4) is 0 Å². The number of ether oxygens (including phenoxy) is 1. The number of urea groups is 1. The summed E-state index contributed by atoms with van der Waals surface area (Å²) in [5.74, 6) is -2.24. The number of hydrogen-bond acceptors (Lipinski definition) is 7. The van der Waals surface area contributed by atoms with E-state index in [2.05, 4.69) is 15.4 Å². The van der Waals surface area contributed by atoms with E-state index in [1.54, 1.807) is 53.2 Å². The fourth-order valence-electron chi connectivity index (χ4n) is 4.75. The van der Waals surface area contributed by atoms with Crippen molar-refractivity contribution in [3.05, 3.63) is 84.7 Å². The molecule has 0 aliphatic carbocycles. The molecule has 1 N–H and O–H groups in total. The van der Waals surface area contributed by atoms with Gasteiger partial charge in [-0.2, -0.15) is 0 Å². The van der Waals surface area contributed by atoms with Crippen molar-refractivity contribution in [1.29, 1.82) is 0 Å². The predicted molar refractivity (Wildman–Crippen MR) is 135 cm³/mol. The van der Waals surface area contributed by atoms with E-state index in [4.69, 9.17) is 4.74 Å². The Balaban J connectivity index is 1.41. The predicted octanol–water partition coefficient (Wildman–Crippen LogP) is 1.77. The Kier molecular flexibility index (Phi) is 7.26. The minimum absolute atomic E-state index is 0.108. The number of esters is 1. The number of aromatic nitrogens is 6. The van der Waals surface area contributed by atoms with Gasteiger partial charge in [-0.25, -0.2) is 22.8 Å². The summed E-state index contributed by atoms with van der Waals surface area (Å²) in [6.07, 6.45) is 6.11. The lowest BCUT2D eigenvalue weighted by Gasteiger charge is -2.38. The molecule has 1 fully saturated rings. The maximum absolute atomic E-state index is 15.1. The van der Waals surface area contributed by atoms with E-state index in [9.17, 15) is 19.1 Å². The number of amides is 2. The number of rotatable bonds is 9. The molecule has 2 aromatic carbocycles. The van der Waals surface area contributed by atoms with Gasteiger partial charge < -0.3 is 14.7 Å². The molecule has 2 atom stereocenters. The largest absolute Gasteiger partial charge is 0.431 e. The molecule has 2 aromatic heterocycles. The Labute approximate surface area is 227 Å². The molecule has 0 spiro atoms. The Morgan fingerprint density at radius 1 is 1.18 bits per heavy atom. The van der Waals surface area contributed by atoms with Crippen LogP contribution in [-0.2, 0) is 28.4 Å². The number of hydrogen-bond donors (Lipinski definition) is 1. The molecule has 1 aliphatic rings.